The molecule has 0 aliphatic heterocycles. The van der Waals surface area contributed by atoms with Crippen molar-refractivity contribution in [3.05, 3.63) is 92.9 Å². The van der Waals surface area contributed by atoms with Gasteiger partial charge in [0, 0.05) is 21.0 Å². The van der Waals surface area contributed by atoms with Crippen molar-refractivity contribution in [3.63, 3.8) is 0 Å². The van der Waals surface area contributed by atoms with E-state index in [1.54, 1.807) is 0 Å². The minimum atomic E-state index is -0.308. The summed E-state index contributed by atoms with van der Waals surface area (Å²) in [4.78, 5) is 0. The number of halogens is 2. The topological polar surface area (TPSA) is 52.0 Å². The maximum atomic E-state index is 6.66. The maximum Gasteiger partial charge on any atom is 0.0497 e. The zero-order valence-electron chi connectivity index (χ0n) is 14.0. The van der Waals surface area contributed by atoms with Gasteiger partial charge >= 0.3 is 0 Å². The third-order valence-corrected chi connectivity index (χ3v) is 6.30. The Hall–Kier alpha value is -1.72. The van der Waals surface area contributed by atoms with Crippen LogP contribution in [0.5, 0.6) is 0 Å². The Morgan fingerprint density at radius 2 is 0.846 bits per heavy atom. The van der Waals surface area contributed by atoms with E-state index in [0.29, 0.717) is 0 Å². The van der Waals surface area contributed by atoms with Crippen molar-refractivity contribution >= 4 is 53.4 Å². The molecule has 0 fully saturated rings. The van der Waals surface area contributed by atoms with Crippen LogP contribution >= 0.6 is 31.9 Å². The van der Waals surface area contributed by atoms with E-state index in [1.807, 2.05) is 36.4 Å². The first kappa shape index (κ1) is 17.7. The molecule has 130 valence electrons. The minimum Gasteiger partial charge on any atom is -0.322 e. The number of nitrogens with two attached hydrogens (primary N) is 2. The number of rotatable bonds is 3. The van der Waals surface area contributed by atoms with Gasteiger partial charge in [0.05, 0.1) is 0 Å². The van der Waals surface area contributed by atoms with Crippen molar-refractivity contribution in [3.8, 4) is 0 Å². The molecule has 0 bridgehead atoms. The van der Waals surface area contributed by atoms with Gasteiger partial charge in [0.25, 0.3) is 0 Å². The summed E-state index contributed by atoms with van der Waals surface area (Å²) in [5, 5.41) is 4.55. The van der Waals surface area contributed by atoms with Crippen LogP contribution in [0.25, 0.3) is 21.5 Å². The Morgan fingerprint density at radius 1 is 0.500 bits per heavy atom. The monoisotopic (exact) mass is 468 g/mol. The molecule has 0 amide bonds. The predicted octanol–water partition coefficient (Wildman–Crippen LogP) is 6.22. The van der Waals surface area contributed by atoms with E-state index in [0.717, 1.165) is 41.6 Å². The van der Waals surface area contributed by atoms with Crippen LogP contribution in [0.2, 0.25) is 0 Å². The molecule has 2 unspecified atom stereocenters. The largest absolute Gasteiger partial charge is 0.322 e. The second-order valence-corrected chi connectivity index (χ2v) is 8.12. The zero-order chi connectivity index (χ0) is 18.3. The molecule has 0 spiro atoms. The number of hydrogen-bond acceptors (Lipinski definition) is 2. The van der Waals surface area contributed by atoms with Gasteiger partial charge in [-0.15, -0.1) is 0 Å². The molecular formula is C22H18Br2N2. The lowest BCUT2D eigenvalue weighted by atomic mass is 9.89. The molecule has 2 nitrogen and oxygen atoms in total. The lowest BCUT2D eigenvalue weighted by molar-refractivity contribution is 0.581. The fraction of sp³-hybridized carbons (Fsp3) is 0.0909. The molecule has 0 radical (unpaired) electrons. The predicted molar refractivity (Wildman–Crippen MR) is 117 cm³/mol. The third kappa shape index (κ3) is 2.97. The second kappa shape index (κ2) is 7.12. The van der Waals surface area contributed by atoms with E-state index in [4.69, 9.17) is 11.5 Å². The second-order valence-electron chi connectivity index (χ2n) is 6.42. The van der Waals surface area contributed by atoms with E-state index >= 15 is 0 Å². The molecule has 2 atom stereocenters. The summed E-state index contributed by atoms with van der Waals surface area (Å²) in [7, 11) is 0. The van der Waals surface area contributed by atoms with E-state index < -0.39 is 0 Å². The van der Waals surface area contributed by atoms with E-state index in [9.17, 15) is 0 Å². The highest BCUT2D eigenvalue weighted by molar-refractivity contribution is 9.11. The Kier molecular flexibility index (Phi) is 4.84. The number of benzene rings is 4. The van der Waals surface area contributed by atoms with Gasteiger partial charge in [-0.2, -0.15) is 0 Å². The smallest absolute Gasteiger partial charge is 0.0497 e. The molecule has 0 saturated heterocycles. The summed E-state index contributed by atoms with van der Waals surface area (Å²) < 4.78 is 2.12. The fourth-order valence-electron chi connectivity index (χ4n) is 3.54. The Morgan fingerprint density at radius 3 is 1.23 bits per heavy atom. The van der Waals surface area contributed by atoms with Crippen LogP contribution in [-0.2, 0) is 0 Å². The van der Waals surface area contributed by atoms with Gasteiger partial charge in [0.15, 0.2) is 0 Å². The highest BCUT2D eigenvalue weighted by Crippen LogP contribution is 2.37. The number of fused-ring (bicyclic) bond motifs is 2. The molecule has 4 rings (SSSR count). The van der Waals surface area contributed by atoms with Gasteiger partial charge in [-0.3, -0.25) is 0 Å². The van der Waals surface area contributed by atoms with Crippen LogP contribution in [0.1, 0.15) is 23.2 Å². The first-order valence-electron chi connectivity index (χ1n) is 8.43. The van der Waals surface area contributed by atoms with Gasteiger partial charge in [-0.1, -0.05) is 92.5 Å². The molecule has 0 heterocycles. The minimum absolute atomic E-state index is 0.308. The molecule has 4 aromatic carbocycles. The van der Waals surface area contributed by atoms with Crippen molar-refractivity contribution in [2.45, 2.75) is 12.1 Å². The van der Waals surface area contributed by atoms with Crippen LogP contribution < -0.4 is 11.5 Å². The molecule has 0 aliphatic carbocycles. The van der Waals surface area contributed by atoms with Gasteiger partial charge < -0.3 is 11.5 Å². The van der Waals surface area contributed by atoms with Gasteiger partial charge in [0.2, 0.25) is 0 Å². The average Bonchev–Trinajstić information content (AvgIpc) is 2.68. The molecule has 4 N–H and O–H groups in total. The van der Waals surface area contributed by atoms with Gasteiger partial charge in [-0.25, -0.2) is 0 Å². The maximum absolute atomic E-state index is 6.66. The van der Waals surface area contributed by atoms with Crippen LogP contribution in [0.15, 0.2) is 81.7 Å². The van der Waals surface area contributed by atoms with Crippen LogP contribution in [0, 0.1) is 0 Å². The first-order valence-corrected chi connectivity index (χ1v) is 10.0. The summed E-state index contributed by atoms with van der Waals surface area (Å²) in [5.74, 6) is 0. The summed E-state index contributed by atoms with van der Waals surface area (Å²) in [6, 6.07) is 24.1. The Labute approximate surface area is 169 Å². The molecule has 0 aliphatic rings. The zero-order valence-corrected chi connectivity index (χ0v) is 17.2. The fourth-order valence-corrected chi connectivity index (χ4v) is 4.50. The number of hydrogen-bond donors (Lipinski definition) is 2. The standard InChI is InChI=1S/C22H18Br2N2/c23-19-11-9-17(13-5-1-3-7-15(13)19)21(25)22(26)18-10-12-20(24)16-8-4-2-6-14(16)18/h1-12,21-22H,25-26H2. The normalized spacial score (nSPS) is 13.8. The summed E-state index contributed by atoms with van der Waals surface area (Å²) in [6.45, 7) is 0. The Bertz CT molecular complexity index is 1020. The van der Waals surface area contributed by atoms with Crippen LogP contribution in [-0.4, -0.2) is 0 Å². The molecule has 0 saturated carbocycles. The molecular weight excluding hydrogens is 452 g/mol. The quantitative estimate of drug-likeness (QED) is 0.374. The molecule has 0 aromatic heterocycles. The summed E-state index contributed by atoms with van der Waals surface area (Å²) in [5.41, 5.74) is 15.4. The third-order valence-electron chi connectivity index (χ3n) is 4.91. The Balaban J connectivity index is 1.85. The molecule has 4 aromatic rings. The highest BCUT2D eigenvalue weighted by atomic mass is 79.9. The van der Waals surface area contributed by atoms with E-state index in [1.165, 1.54) is 0 Å². The SMILES string of the molecule is NC(c1ccc(Br)c2ccccc12)C(N)c1ccc(Br)c2ccccc12. The highest BCUT2D eigenvalue weighted by Gasteiger charge is 2.22. The summed E-state index contributed by atoms with van der Waals surface area (Å²) >= 11 is 7.25. The van der Waals surface area contributed by atoms with Crippen molar-refractivity contribution in [1.29, 1.82) is 0 Å². The van der Waals surface area contributed by atoms with Crippen molar-refractivity contribution < 1.29 is 0 Å². The van der Waals surface area contributed by atoms with E-state index in [-0.39, 0.29) is 12.1 Å². The lowest BCUT2D eigenvalue weighted by Crippen LogP contribution is -2.27. The first-order chi connectivity index (χ1) is 12.6. The average molecular weight is 470 g/mol. The summed E-state index contributed by atoms with van der Waals surface area (Å²) in [6.07, 6.45) is 0. The lowest BCUT2D eigenvalue weighted by Gasteiger charge is -2.24. The van der Waals surface area contributed by atoms with Gasteiger partial charge in [0.1, 0.15) is 0 Å². The van der Waals surface area contributed by atoms with Crippen molar-refractivity contribution in [2.75, 3.05) is 0 Å². The van der Waals surface area contributed by atoms with Crippen molar-refractivity contribution in [2.24, 2.45) is 11.5 Å². The van der Waals surface area contributed by atoms with Gasteiger partial charge in [-0.05, 0) is 44.8 Å². The molecule has 26 heavy (non-hydrogen) atoms. The van der Waals surface area contributed by atoms with Crippen LogP contribution in [0.4, 0.5) is 0 Å². The molecule has 4 heteroatoms. The van der Waals surface area contributed by atoms with Crippen molar-refractivity contribution in [1.82, 2.24) is 0 Å². The van der Waals surface area contributed by atoms with E-state index in [2.05, 4.69) is 68.3 Å². The van der Waals surface area contributed by atoms with Crippen LogP contribution in [0.3, 0.4) is 0 Å².